The van der Waals surface area contributed by atoms with Gasteiger partial charge in [0.1, 0.15) is 5.69 Å². The molecule has 0 fully saturated rings. The number of pyridine rings is 1. The average molecular weight is 342 g/mol. The van der Waals surface area contributed by atoms with Gasteiger partial charge in [0.15, 0.2) is 0 Å². The molecular formula is C17H16ClN5O. The molecule has 0 bridgehead atoms. The summed E-state index contributed by atoms with van der Waals surface area (Å²) in [5.74, 6) is 0. The lowest BCUT2D eigenvalue weighted by Crippen LogP contribution is -2.31. The summed E-state index contributed by atoms with van der Waals surface area (Å²) < 4.78 is 1.77. The molecule has 3 rings (SSSR count). The minimum atomic E-state index is -0.269. The zero-order chi connectivity index (χ0) is 16.8. The molecule has 2 N–H and O–H groups in total. The number of hydrogen-bond acceptors (Lipinski definition) is 3. The van der Waals surface area contributed by atoms with Gasteiger partial charge in [-0.05, 0) is 42.5 Å². The quantitative estimate of drug-likeness (QED) is 0.747. The standard InChI is InChI=1S/C17H16ClN5O/c18-13-4-6-14(7-5-13)21-17(24)20-10-12-23-11-8-16(22-23)15-3-1-2-9-19-15/h1-9,11H,10,12H2,(H2,20,21,24). The first-order valence-electron chi connectivity index (χ1n) is 7.46. The molecule has 0 spiro atoms. The Hall–Kier alpha value is -2.86. The number of urea groups is 1. The van der Waals surface area contributed by atoms with Crippen molar-refractivity contribution in [2.75, 3.05) is 11.9 Å². The molecule has 0 aliphatic rings. The number of benzene rings is 1. The normalized spacial score (nSPS) is 10.4. The van der Waals surface area contributed by atoms with E-state index in [-0.39, 0.29) is 6.03 Å². The Morgan fingerprint density at radius 2 is 1.92 bits per heavy atom. The monoisotopic (exact) mass is 341 g/mol. The smallest absolute Gasteiger partial charge is 0.319 e. The second kappa shape index (κ2) is 7.61. The minimum Gasteiger partial charge on any atom is -0.336 e. The summed E-state index contributed by atoms with van der Waals surface area (Å²) in [5, 5.41) is 10.6. The number of anilines is 1. The average Bonchev–Trinajstić information content (AvgIpc) is 3.07. The highest BCUT2D eigenvalue weighted by Gasteiger charge is 2.04. The Morgan fingerprint density at radius 3 is 2.67 bits per heavy atom. The molecule has 2 heterocycles. The summed E-state index contributed by atoms with van der Waals surface area (Å²) in [6.07, 6.45) is 3.60. The Balaban J connectivity index is 1.47. The number of aromatic nitrogens is 3. The molecule has 2 amide bonds. The van der Waals surface area contributed by atoms with Crippen molar-refractivity contribution in [2.24, 2.45) is 0 Å². The van der Waals surface area contributed by atoms with Crippen LogP contribution in [0.25, 0.3) is 11.4 Å². The number of carbonyl (C=O) groups excluding carboxylic acids is 1. The molecule has 3 aromatic rings. The van der Waals surface area contributed by atoms with Crippen molar-refractivity contribution in [1.29, 1.82) is 0 Å². The maximum Gasteiger partial charge on any atom is 0.319 e. The summed E-state index contributed by atoms with van der Waals surface area (Å²) in [5.41, 5.74) is 2.32. The Labute approximate surface area is 144 Å². The lowest BCUT2D eigenvalue weighted by molar-refractivity contribution is 0.251. The Kier molecular flexibility index (Phi) is 5.08. The van der Waals surface area contributed by atoms with Crippen LogP contribution in [0.4, 0.5) is 10.5 Å². The summed E-state index contributed by atoms with van der Waals surface area (Å²) in [6, 6.07) is 14.3. The highest BCUT2D eigenvalue weighted by atomic mass is 35.5. The molecular weight excluding hydrogens is 326 g/mol. The third-order valence-corrected chi connectivity index (χ3v) is 3.55. The van der Waals surface area contributed by atoms with E-state index >= 15 is 0 Å². The van der Waals surface area contributed by atoms with Gasteiger partial charge in [0.25, 0.3) is 0 Å². The maximum atomic E-state index is 11.8. The summed E-state index contributed by atoms with van der Waals surface area (Å²) in [7, 11) is 0. The molecule has 0 saturated heterocycles. The van der Waals surface area contributed by atoms with Crippen LogP contribution in [0.5, 0.6) is 0 Å². The zero-order valence-corrected chi connectivity index (χ0v) is 13.6. The highest BCUT2D eigenvalue weighted by molar-refractivity contribution is 6.30. The van der Waals surface area contributed by atoms with Crippen LogP contribution in [0, 0.1) is 0 Å². The van der Waals surface area contributed by atoms with Crippen molar-refractivity contribution >= 4 is 23.3 Å². The van der Waals surface area contributed by atoms with E-state index in [9.17, 15) is 4.79 Å². The summed E-state index contributed by atoms with van der Waals surface area (Å²) >= 11 is 5.80. The summed E-state index contributed by atoms with van der Waals surface area (Å²) in [4.78, 5) is 16.1. The number of carbonyl (C=O) groups is 1. The molecule has 24 heavy (non-hydrogen) atoms. The SMILES string of the molecule is O=C(NCCn1ccc(-c2ccccn2)n1)Nc1ccc(Cl)cc1. The topological polar surface area (TPSA) is 71.8 Å². The third-order valence-electron chi connectivity index (χ3n) is 3.30. The van der Waals surface area contributed by atoms with Gasteiger partial charge in [-0.25, -0.2) is 4.79 Å². The van der Waals surface area contributed by atoms with Crippen molar-refractivity contribution in [1.82, 2.24) is 20.1 Å². The Morgan fingerprint density at radius 1 is 1.08 bits per heavy atom. The largest absolute Gasteiger partial charge is 0.336 e. The van der Waals surface area contributed by atoms with E-state index in [0.29, 0.717) is 23.8 Å². The Bertz CT molecular complexity index is 801. The first kappa shape index (κ1) is 16.0. The van der Waals surface area contributed by atoms with Crippen molar-refractivity contribution < 1.29 is 4.79 Å². The first-order valence-corrected chi connectivity index (χ1v) is 7.84. The molecule has 1 aromatic carbocycles. The van der Waals surface area contributed by atoms with Crippen LogP contribution in [0.1, 0.15) is 0 Å². The van der Waals surface area contributed by atoms with E-state index in [1.807, 2.05) is 30.5 Å². The third kappa shape index (κ3) is 4.33. The van der Waals surface area contributed by atoms with Gasteiger partial charge in [0.05, 0.1) is 12.2 Å². The van der Waals surface area contributed by atoms with E-state index in [2.05, 4.69) is 20.7 Å². The second-order valence-electron chi connectivity index (χ2n) is 5.07. The molecule has 2 aromatic heterocycles. The molecule has 0 aliphatic heterocycles. The van der Waals surface area contributed by atoms with Gasteiger partial charge in [0.2, 0.25) is 0 Å². The minimum absolute atomic E-state index is 0.269. The van der Waals surface area contributed by atoms with Crippen molar-refractivity contribution in [3.05, 3.63) is 65.9 Å². The van der Waals surface area contributed by atoms with Gasteiger partial charge in [-0.3, -0.25) is 9.67 Å². The zero-order valence-electron chi connectivity index (χ0n) is 12.8. The predicted molar refractivity (Wildman–Crippen MR) is 93.9 cm³/mol. The number of halogens is 1. The molecule has 6 nitrogen and oxygen atoms in total. The van der Waals surface area contributed by atoms with Crippen LogP contribution in [-0.4, -0.2) is 27.3 Å². The fourth-order valence-electron chi connectivity index (χ4n) is 2.13. The molecule has 0 aliphatic carbocycles. The number of nitrogens with one attached hydrogen (secondary N) is 2. The van der Waals surface area contributed by atoms with Crippen LogP contribution in [-0.2, 0) is 6.54 Å². The maximum absolute atomic E-state index is 11.8. The van der Waals surface area contributed by atoms with Crippen LogP contribution in [0.15, 0.2) is 60.9 Å². The van der Waals surface area contributed by atoms with Crippen molar-refractivity contribution in [2.45, 2.75) is 6.54 Å². The van der Waals surface area contributed by atoms with Crippen molar-refractivity contribution in [3.63, 3.8) is 0 Å². The van der Waals surface area contributed by atoms with E-state index in [1.54, 1.807) is 35.1 Å². The lowest BCUT2D eigenvalue weighted by atomic mass is 10.3. The molecule has 122 valence electrons. The molecule has 0 unspecified atom stereocenters. The molecule has 0 atom stereocenters. The van der Waals surface area contributed by atoms with E-state index in [1.165, 1.54) is 0 Å². The van der Waals surface area contributed by atoms with E-state index < -0.39 is 0 Å². The van der Waals surface area contributed by atoms with Gasteiger partial charge in [0, 0.05) is 29.6 Å². The predicted octanol–water partition coefficient (Wildman–Crippen LogP) is 3.42. The van der Waals surface area contributed by atoms with Gasteiger partial charge in [-0.1, -0.05) is 17.7 Å². The van der Waals surface area contributed by atoms with E-state index in [0.717, 1.165) is 11.4 Å². The summed E-state index contributed by atoms with van der Waals surface area (Å²) in [6.45, 7) is 1.03. The van der Waals surface area contributed by atoms with Gasteiger partial charge in [-0.2, -0.15) is 5.10 Å². The van der Waals surface area contributed by atoms with Crippen LogP contribution < -0.4 is 10.6 Å². The number of hydrogen-bond donors (Lipinski definition) is 2. The second-order valence-corrected chi connectivity index (χ2v) is 5.50. The lowest BCUT2D eigenvalue weighted by Gasteiger charge is -2.07. The molecule has 0 radical (unpaired) electrons. The highest BCUT2D eigenvalue weighted by Crippen LogP contribution is 2.13. The van der Waals surface area contributed by atoms with Gasteiger partial charge < -0.3 is 10.6 Å². The molecule has 7 heteroatoms. The van der Waals surface area contributed by atoms with Gasteiger partial charge in [-0.15, -0.1) is 0 Å². The number of rotatable bonds is 5. The van der Waals surface area contributed by atoms with Crippen LogP contribution in [0.3, 0.4) is 0 Å². The van der Waals surface area contributed by atoms with Crippen molar-refractivity contribution in [3.8, 4) is 11.4 Å². The van der Waals surface area contributed by atoms with E-state index in [4.69, 9.17) is 11.6 Å². The van der Waals surface area contributed by atoms with Crippen LogP contribution in [0.2, 0.25) is 5.02 Å². The first-order chi connectivity index (χ1) is 11.7. The van der Waals surface area contributed by atoms with Crippen LogP contribution >= 0.6 is 11.6 Å². The fraction of sp³-hybridized carbons (Fsp3) is 0.118. The number of amides is 2. The number of nitrogens with zero attached hydrogens (tertiary/aromatic N) is 3. The van der Waals surface area contributed by atoms with Gasteiger partial charge >= 0.3 is 6.03 Å². The molecule has 0 saturated carbocycles. The fourth-order valence-corrected chi connectivity index (χ4v) is 2.26.